The van der Waals surface area contributed by atoms with Gasteiger partial charge in [0.25, 0.3) is 0 Å². The zero-order chi connectivity index (χ0) is 21.9. The molecule has 0 radical (unpaired) electrons. The average Bonchev–Trinajstić information content (AvgIpc) is 2.73. The second-order valence-corrected chi connectivity index (χ2v) is 7.39. The van der Waals surface area contributed by atoms with Gasteiger partial charge in [-0.1, -0.05) is 68.7 Å². The third-order valence-electron chi connectivity index (χ3n) is 4.73. The summed E-state index contributed by atoms with van der Waals surface area (Å²) in [6.45, 7) is 2.44. The van der Waals surface area contributed by atoms with E-state index in [0.717, 1.165) is 50.5 Å². The smallest absolute Gasteiger partial charge is 0.305 e. The Hall–Kier alpha value is -2.49. The van der Waals surface area contributed by atoms with Gasteiger partial charge in [-0.3, -0.25) is 4.79 Å². The molecule has 2 N–H and O–H groups in total. The van der Waals surface area contributed by atoms with Crippen molar-refractivity contribution in [1.82, 2.24) is 0 Å². The van der Waals surface area contributed by atoms with Gasteiger partial charge in [-0.15, -0.1) is 0 Å². The van der Waals surface area contributed by atoms with Crippen molar-refractivity contribution in [3.63, 3.8) is 0 Å². The number of unbranched alkanes of at least 4 members (excludes halogenated alkanes) is 5. The molecule has 0 aliphatic carbocycles. The molecule has 1 aromatic rings. The Morgan fingerprint density at radius 1 is 0.867 bits per heavy atom. The van der Waals surface area contributed by atoms with E-state index in [1.165, 1.54) is 25.0 Å². The summed E-state index contributed by atoms with van der Waals surface area (Å²) in [7, 11) is 0. The minimum absolute atomic E-state index is 0.144. The van der Waals surface area contributed by atoms with Crippen LogP contribution in [0.15, 0.2) is 54.7 Å². The summed E-state index contributed by atoms with van der Waals surface area (Å²) < 4.78 is 5.23. The lowest BCUT2D eigenvalue weighted by atomic mass is 10.1. The number of esters is 1. The van der Waals surface area contributed by atoms with Crippen molar-refractivity contribution >= 4 is 5.97 Å². The number of ether oxygens (including phenoxy) is 1. The van der Waals surface area contributed by atoms with Gasteiger partial charge in [0.2, 0.25) is 0 Å². The Labute approximate surface area is 182 Å². The summed E-state index contributed by atoms with van der Waals surface area (Å²) in [5.41, 5.74) is 0.826. The van der Waals surface area contributed by atoms with Crippen LogP contribution < -0.4 is 0 Å². The predicted molar refractivity (Wildman–Crippen MR) is 124 cm³/mol. The lowest BCUT2D eigenvalue weighted by Gasteiger charge is -2.06. The zero-order valence-corrected chi connectivity index (χ0v) is 18.4. The van der Waals surface area contributed by atoms with Crippen molar-refractivity contribution in [3.8, 4) is 11.5 Å². The topological polar surface area (TPSA) is 66.8 Å². The Kier molecular flexibility index (Phi) is 14.8. The van der Waals surface area contributed by atoms with Crippen molar-refractivity contribution in [2.75, 3.05) is 6.61 Å². The van der Waals surface area contributed by atoms with Crippen molar-refractivity contribution < 1.29 is 19.7 Å². The van der Waals surface area contributed by atoms with Gasteiger partial charge in [-0.05, 0) is 56.2 Å². The van der Waals surface area contributed by atoms with Crippen molar-refractivity contribution in [1.29, 1.82) is 0 Å². The number of benzene rings is 1. The molecule has 4 nitrogen and oxygen atoms in total. The van der Waals surface area contributed by atoms with E-state index in [0.29, 0.717) is 19.4 Å². The molecule has 0 unspecified atom stereocenters. The van der Waals surface area contributed by atoms with Gasteiger partial charge in [0.1, 0.15) is 0 Å². The summed E-state index contributed by atoms with van der Waals surface area (Å²) in [6, 6.07) is 4.63. The van der Waals surface area contributed by atoms with Gasteiger partial charge in [0.05, 0.1) is 6.61 Å². The quantitative estimate of drug-likeness (QED) is 0.135. The summed E-state index contributed by atoms with van der Waals surface area (Å²) >= 11 is 0. The van der Waals surface area contributed by atoms with E-state index in [2.05, 4.69) is 43.4 Å². The fourth-order valence-corrected chi connectivity index (χ4v) is 2.97. The highest BCUT2D eigenvalue weighted by Gasteiger charge is 2.04. The number of hydrogen-bond acceptors (Lipinski definition) is 4. The summed E-state index contributed by atoms with van der Waals surface area (Å²) in [4.78, 5) is 11.8. The molecule has 0 heterocycles. The van der Waals surface area contributed by atoms with E-state index in [9.17, 15) is 15.0 Å². The molecule has 0 saturated carbocycles. The van der Waals surface area contributed by atoms with Gasteiger partial charge >= 0.3 is 5.97 Å². The lowest BCUT2D eigenvalue weighted by Crippen LogP contribution is -2.07. The first-order chi connectivity index (χ1) is 14.6. The molecule has 0 aromatic heterocycles. The normalized spacial score (nSPS) is 11.8. The lowest BCUT2D eigenvalue weighted by molar-refractivity contribution is -0.143. The molecule has 0 aliphatic rings. The standard InChI is InChI=1S/C26H38O4/c1-2-3-4-5-6-7-8-9-10-11-12-13-14-15-16-17-26(29)30-21-20-23-18-19-24(27)25(28)22-23/h3-4,6-7,9-10,18-19,22,27-28H,2,5,8,11-17,20-21H2,1H3/b4-3-,7-6-,10-9-. The minimum Gasteiger partial charge on any atom is -0.504 e. The second-order valence-electron chi connectivity index (χ2n) is 7.39. The highest BCUT2D eigenvalue weighted by molar-refractivity contribution is 5.69. The molecule has 0 bridgehead atoms. The van der Waals surface area contributed by atoms with Gasteiger partial charge in [0, 0.05) is 12.8 Å². The Morgan fingerprint density at radius 3 is 2.27 bits per heavy atom. The van der Waals surface area contributed by atoms with Crippen LogP contribution in [0.1, 0.15) is 76.7 Å². The molecule has 30 heavy (non-hydrogen) atoms. The molecule has 0 spiro atoms. The SMILES string of the molecule is CC/C=C\C/C=C\C/C=C\CCCCCCCC(=O)OCCc1ccc(O)c(O)c1. The average molecular weight is 415 g/mol. The number of phenolic OH excluding ortho intramolecular Hbond substituents is 2. The first kappa shape index (κ1) is 25.5. The van der Waals surface area contributed by atoms with Crippen molar-refractivity contribution in [3.05, 3.63) is 60.2 Å². The first-order valence-electron chi connectivity index (χ1n) is 11.2. The predicted octanol–water partition coefficient (Wildman–Crippen LogP) is 6.77. The number of phenols is 2. The largest absolute Gasteiger partial charge is 0.504 e. The first-order valence-corrected chi connectivity index (χ1v) is 11.2. The van der Waals surface area contributed by atoms with Gasteiger partial charge < -0.3 is 14.9 Å². The van der Waals surface area contributed by atoms with Crippen molar-refractivity contribution in [2.45, 2.75) is 77.6 Å². The summed E-state index contributed by atoms with van der Waals surface area (Å²) in [5, 5.41) is 18.7. The molecule has 0 amide bonds. The maximum Gasteiger partial charge on any atom is 0.305 e. The highest BCUT2D eigenvalue weighted by atomic mass is 16.5. The Balaban J connectivity index is 1.92. The number of rotatable bonds is 16. The van der Waals surface area contributed by atoms with Gasteiger partial charge in [-0.2, -0.15) is 0 Å². The number of hydrogen-bond donors (Lipinski definition) is 2. The maximum atomic E-state index is 11.8. The molecule has 4 heteroatoms. The number of allylic oxidation sites excluding steroid dienone is 6. The molecule has 0 fully saturated rings. The van der Waals surface area contributed by atoms with E-state index in [4.69, 9.17) is 4.74 Å². The monoisotopic (exact) mass is 414 g/mol. The summed E-state index contributed by atoms with van der Waals surface area (Å²) in [6.07, 6.45) is 24.0. The van der Waals surface area contributed by atoms with Crippen LogP contribution in [0, 0.1) is 0 Å². The molecular formula is C26H38O4. The van der Waals surface area contributed by atoms with Crippen molar-refractivity contribution in [2.24, 2.45) is 0 Å². The van der Waals surface area contributed by atoms with E-state index in [1.807, 2.05) is 0 Å². The van der Waals surface area contributed by atoms with Crippen LogP contribution >= 0.6 is 0 Å². The van der Waals surface area contributed by atoms with E-state index in [1.54, 1.807) is 6.07 Å². The van der Waals surface area contributed by atoms with Gasteiger partial charge in [0.15, 0.2) is 11.5 Å². The molecule has 166 valence electrons. The minimum atomic E-state index is -0.167. The molecule has 0 atom stereocenters. The van der Waals surface area contributed by atoms with E-state index < -0.39 is 0 Å². The van der Waals surface area contributed by atoms with Crippen LogP contribution in [0.2, 0.25) is 0 Å². The fraction of sp³-hybridized carbons (Fsp3) is 0.500. The van der Waals surface area contributed by atoms with E-state index in [-0.39, 0.29) is 17.5 Å². The van der Waals surface area contributed by atoms with Gasteiger partial charge in [-0.25, -0.2) is 0 Å². The number of aromatic hydroxyl groups is 2. The van der Waals surface area contributed by atoms with Crippen LogP contribution in [0.25, 0.3) is 0 Å². The van der Waals surface area contributed by atoms with E-state index >= 15 is 0 Å². The Morgan fingerprint density at radius 2 is 1.53 bits per heavy atom. The van der Waals surface area contributed by atoms with Crippen LogP contribution in [-0.4, -0.2) is 22.8 Å². The maximum absolute atomic E-state index is 11.8. The Bertz CT molecular complexity index is 674. The fourth-order valence-electron chi connectivity index (χ4n) is 2.97. The third-order valence-corrected chi connectivity index (χ3v) is 4.73. The second kappa shape index (κ2) is 17.4. The van der Waals surface area contributed by atoms with Crippen LogP contribution in [0.4, 0.5) is 0 Å². The molecule has 1 aromatic carbocycles. The molecule has 0 aliphatic heterocycles. The molecule has 1 rings (SSSR count). The molecular weight excluding hydrogens is 376 g/mol. The zero-order valence-electron chi connectivity index (χ0n) is 18.4. The van der Waals surface area contributed by atoms with Crippen LogP contribution in [-0.2, 0) is 16.0 Å². The van der Waals surface area contributed by atoms with Crippen LogP contribution in [0.3, 0.4) is 0 Å². The molecule has 0 saturated heterocycles. The summed E-state index contributed by atoms with van der Waals surface area (Å²) in [5.74, 6) is -0.462. The third kappa shape index (κ3) is 13.6. The highest BCUT2D eigenvalue weighted by Crippen LogP contribution is 2.25. The van der Waals surface area contributed by atoms with Crippen LogP contribution in [0.5, 0.6) is 11.5 Å². The number of carbonyl (C=O) groups excluding carboxylic acids is 1. The number of carbonyl (C=O) groups is 1.